The van der Waals surface area contributed by atoms with Gasteiger partial charge in [0.15, 0.2) is 12.2 Å². The first-order valence-corrected chi connectivity index (χ1v) is 49.2. The number of fused-ring (bicyclic) bond motifs is 8. The van der Waals surface area contributed by atoms with Crippen molar-refractivity contribution in [2.45, 2.75) is 358 Å². The summed E-state index contributed by atoms with van der Waals surface area (Å²) in [7, 11) is 1.31. The van der Waals surface area contributed by atoms with Gasteiger partial charge < -0.3 is 80.5 Å². The molecule has 0 aromatic carbocycles. The number of cyclic esters (lactones) is 1. The summed E-state index contributed by atoms with van der Waals surface area (Å²) in [4.78, 5) is 195. The van der Waals surface area contributed by atoms with Crippen molar-refractivity contribution in [3.8, 4) is 0 Å². The number of methoxy groups -OCH3 is 1. The van der Waals surface area contributed by atoms with Crippen LogP contribution in [0.25, 0.3) is 0 Å². The first-order chi connectivity index (χ1) is 62.4. The maximum atomic E-state index is 12.8. The Morgan fingerprint density at radius 2 is 0.774 bits per heavy atom. The highest BCUT2D eigenvalue weighted by molar-refractivity contribution is 5.90. The molecule has 8 aliphatic heterocycles. The number of carbonyl (C=O) groups excluding carboxylic acids is 16. The molecule has 33 heteroatoms. The Morgan fingerprint density at radius 3 is 1.11 bits per heavy atom. The largest absolute Gasteiger partial charge is 0.469 e. The molecule has 19 rings (SSSR count). The average molecular weight is 1870 g/mol. The first-order valence-electron chi connectivity index (χ1n) is 49.2. The summed E-state index contributed by atoms with van der Waals surface area (Å²) in [5, 5.41) is 0. The predicted octanol–water partition coefficient (Wildman–Crippen LogP) is 11.5. The predicted molar refractivity (Wildman–Crippen MR) is 461 cm³/mol. The maximum absolute atomic E-state index is 12.8. The minimum Gasteiger partial charge on any atom is -0.469 e. The molecule has 1 spiro atoms. The Hall–Kier alpha value is -8.52. The second-order valence-electron chi connectivity index (χ2n) is 45.3. The van der Waals surface area contributed by atoms with E-state index in [0.29, 0.717) is 89.1 Å². The SMILES string of the molecule is CCC(C)(C)C(=O)OC1C2CC3C(=O)OC1C3O2.CCC(C)(C)C(=O)OC1C2CC3C1OC(=O)C3C2C(=O)OC.CCC(C)(C)C(=O)OC1C2CC3C1OC(=O)C3C2C(=O)OC(C)(C)C.CCC(C)(C)C(=O)OC1C2CC3C1OC(=O)C3C2C(=O)OC1CCCC1.CCC(C)C(=O)OC1CC2CC1CC21COC(=O)C1.CCOC(=O)C1C2CC3C(OC(=O)C31)C2OC(=O)C(C)(C)CC. The van der Waals surface area contributed by atoms with Crippen LogP contribution in [0.4, 0.5) is 0 Å². The van der Waals surface area contributed by atoms with Gasteiger partial charge in [-0.25, -0.2) is 0 Å². The summed E-state index contributed by atoms with van der Waals surface area (Å²) in [6.45, 7) is 39.9. The third-order valence-electron chi connectivity index (χ3n) is 34.4. The number of ether oxygens (including phenoxy) is 17. The average Bonchev–Trinajstić information content (AvgIpc) is 1.52. The van der Waals surface area contributed by atoms with Crippen molar-refractivity contribution < 1.29 is 157 Å². The monoisotopic (exact) mass is 1870 g/mol. The van der Waals surface area contributed by atoms with Gasteiger partial charge in [0.2, 0.25) is 0 Å². The Balaban J connectivity index is 0.000000129. The van der Waals surface area contributed by atoms with E-state index in [0.717, 1.165) is 51.4 Å². The summed E-state index contributed by atoms with van der Waals surface area (Å²) >= 11 is 0. The first kappa shape index (κ1) is 100. The zero-order chi connectivity index (χ0) is 97.2. The van der Waals surface area contributed by atoms with Crippen LogP contribution in [0.5, 0.6) is 0 Å². The Kier molecular flexibility index (Phi) is 28.5. The Morgan fingerprint density at radius 1 is 0.406 bits per heavy atom. The van der Waals surface area contributed by atoms with Crippen LogP contribution in [0, 0.1) is 151 Å². The van der Waals surface area contributed by atoms with Gasteiger partial charge in [0, 0.05) is 52.8 Å². The van der Waals surface area contributed by atoms with Gasteiger partial charge in [-0.2, -0.15) is 0 Å². The topological polar surface area (TPSA) is 430 Å². The molecular weight excluding hydrogens is 1730 g/mol. The second-order valence-corrected chi connectivity index (χ2v) is 45.3. The van der Waals surface area contributed by atoms with Crippen molar-refractivity contribution in [3.63, 3.8) is 0 Å². The highest BCUT2D eigenvalue weighted by Crippen LogP contribution is 2.65. The third kappa shape index (κ3) is 18.5. The van der Waals surface area contributed by atoms with Crippen LogP contribution in [0.1, 0.15) is 267 Å². The van der Waals surface area contributed by atoms with Gasteiger partial charge in [0.1, 0.15) is 72.7 Å². The van der Waals surface area contributed by atoms with E-state index in [-0.39, 0.29) is 179 Å². The van der Waals surface area contributed by atoms with E-state index in [4.69, 9.17) is 80.5 Å². The molecule has 34 unspecified atom stereocenters. The van der Waals surface area contributed by atoms with E-state index in [9.17, 15) is 76.7 Å². The van der Waals surface area contributed by atoms with Crippen LogP contribution in [0.15, 0.2) is 0 Å². The number of carbonyl (C=O) groups is 16. The fraction of sp³-hybridized carbons (Fsp3) is 0.840. The van der Waals surface area contributed by atoms with Crippen molar-refractivity contribution >= 4 is 95.5 Å². The Labute approximate surface area is 778 Å². The standard InChI is InChI=1S/C20H28O6.C19H28O6.C17H24O6.C16H22O6.C15H22O4.C13H18O5/c1-4-20(2,3)19(23)26-16-12-9-11-14(18(22)25-15(11)16)13(12)17(21)24-10-7-5-6-8-10;1-7-19(5,6)17(22)24-14-10-8-9-11(15(20)23-13(9)14)12(10)16(21)25-18(2,3)4;1-5-17(3,4)16(20)23-13-8-7-9-11(15(19)22-12(9)13)10(8)14(18)21-6-2;1-5-16(2,3)15(19)22-12-7-6-8-10(9(7)13(17)20-4)14(18)21-11(8)12;1-3-9(2)14(17)19-12-5-11-4-10(12)6-15(11)7-13(16)18-8-15;1-4-13(2,3)12(15)18-9-7-5-6-8(16-7)10(9)17-11(6)14/h10-16H,4-9H2,1-3H3;9-14H,7-8H2,1-6H3;8-13H,5-7H2,1-4H3;7-12H,5-6H2,1-4H3;9-12H,3-8H2,1-2H3;6-10H,4-5H2,1-3H3. The molecule has 11 saturated carbocycles. The minimum atomic E-state index is -0.628. The van der Waals surface area contributed by atoms with Gasteiger partial charge in [-0.15, -0.1) is 0 Å². The van der Waals surface area contributed by atoms with E-state index < -0.39 is 153 Å². The van der Waals surface area contributed by atoms with Crippen molar-refractivity contribution in [2.75, 3.05) is 20.3 Å². The third-order valence-corrected chi connectivity index (χ3v) is 34.4. The molecule has 19 aliphatic rings. The highest BCUT2D eigenvalue weighted by Gasteiger charge is 2.76. The van der Waals surface area contributed by atoms with Crippen LogP contribution in [0.3, 0.4) is 0 Å². The van der Waals surface area contributed by atoms with Gasteiger partial charge in [-0.3, -0.25) is 76.7 Å². The molecule has 0 N–H and O–H groups in total. The second kappa shape index (κ2) is 37.8. The van der Waals surface area contributed by atoms with Gasteiger partial charge in [0.05, 0.1) is 119 Å². The number of hydrogen-bond acceptors (Lipinski definition) is 33. The van der Waals surface area contributed by atoms with Crippen molar-refractivity contribution in [1.29, 1.82) is 0 Å². The zero-order valence-electron chi connectivity index (χ0n) is 81.5. The molecule has 740 valence electrons. The molecule has 33 nitrogen and oxygen atoms in total. The van der Waals surface area contributed by atoms with Crippen LogP contribution in [0.2, 0.25) is 0 Å². The lowest BCUT2D eigenvalue weighted by Crippen LogP contribution is -2.46. The van der Waals surface area contributed by atoms with Crippen LogP contribution >= 0.6 is 0 Å². The molecule has 0 aromatic heterocycles. The Bertz CT molecular complexity index is 4520. The lowest BCUT2D eigenvalue weighted by Gasteiger charge is -2.34. The van der Waals surface area contributed by atoms with E-state index in [1.807, 2.05) is 118 Å². The summed E-state index contributed by atoms with van der Waals surface area (Å²) in [6.07, 6.45) is 10.1. The summed E-state index contributed by atoms with van der Waals surface area (Å²) in [5.74, 6) is -8.77. The normalized spacial score (nSPS) is 38.8. The van der Waals surface area contributed by atoms with E-state index in [2.05, 4.69) is 0 Å². The summed E-state index contributed by atoms with van der Waals surface area (Å²) < 4.78 is 93.3. The quantitative estimate of drug-likeness (QED) is 0.0640. The number of esters is 16. The van der Waals surface area contributed by atoms with Crippen molar-refractivity contribution in [2.24, 2.45) is 151 Å². The number of hydrogen-bond donors (Lipinski definition) is 0. The lowest BCUT2D eigenvalue weighted by molar-refractivity contribution is -0.176. The molecule has 19 fully saturated rings. The highest BCUT2D eigenvalue weighted by atomic mass is 16.7. The van der Waals surface area contributed by atoms with E-state index in [1.165, 1.54) is 7.11 Å². The van der Waals surface area contributed by atoms with Gasteiger partial charge in [-0.05, 0) is 224 Å². The molecule has 8 heterocycles. The molecule has 12 bridgehead atoms. The fourth-order valence-electron chi connectivity index (χ4n) is 24.5. The van der Waals surface area contributed by atoms with Crippen LogP contribution in [-0.2, 0) is 157 Å². The van der Waals surface area contributed by atoms with Gasteiger partial charge in [0.25, 0.3) is 0 Å². The van der Waals surface area contributed by atoms with E-state index >= 15 is 0 Å². The summed E-state index contributed by atoms with van der Waals surface area (Å²) in [5.41, 5.74) is -3.45. The molecule has 133 heavy (non-hydrogen) atoms. The molecule has 0 amide bonds. The van der Waals surface area contributed by atoms with Crippen molar-refractivity contribution in [3.05, 3.63) is 0 Å². The van der Waals surface area contributed by atoms with Crippen molar-refractivity contribution in [1.82, 2.24) is 0 Å². The smallest absolute Gasteiger partial charge is 0.312 e. The minimum absolute atomic E-state index is 0.00974. The molecular formula is C100H142O33. The maximum Gasteiger partial charge on any atom is 0.312 e. The molecule has 34 atom stereocenters. The lowest BCUT2D eigenvalue weighted by atomic mass is 9.72. The van der Waals surface area contributed by atoms with Crippen LogP contribution < -0.4 is 0 Å². The van der Waals surface area contributed by atoms with Gasteiger partial charge >= 0.3 is 95.5 Å². The number of rotatable bonds is 24. The zero-order valence-corrected chi connectivity index (χ0v) is 81.5. The molecule has 0 aromatic rings. The van der Waals surface area contributed by atoms with Gasteiger partial charge in [-0.1, -0.05) is 48.5 Å². The fourth-order valence-corrected chi connectivity index (χ4v) is 24.5. The summed E-state index contributed by atoms with van der Waals surface area (Å²) in [6, 6.07) is 0. The molecule has 0 radical (unpaired) electrons. The molecule has 11 aliphatic carbocycles. The van der Waals surface area contributed by atoms with Crippen LogP contribution in [-0.4, -0.2) is 207 Å². The van der Waals surface area contributed by atoms with E-state index in [1.54, 1.807) is 27.7 Å². The molecule has 8 saturated heterocycles.